The molecule has 0 aliphatic carbocycles. The first-order valence-electron chi connectivity index (χ1n) is 10.0. The molecule has 1 unspecified atom stereocenters. The van der Waals surface area contributed by atoms with Gasteiger partial charge >= 0.3 is 6.18 Å². The molecule has 1 aliphatic heterocycles. The monoisotopic (exact) mass is 533 g/mol. The van der Waals surface area contributed by atoms with Crippen molar-refractivity contribution in [2.75, 3.05) is 24.7 Å². The lowest BCUT2D eigenvalue weighted by Gasteiger charge is -2.18. The second-order valence-electron chi connectivity index (χ2n) is 8.09. The van der Waals surface area contributed by atoms with Crippen molar-refractivity contribution >= 4 is 54.0 Å². The lowest BCUT2D eigenvalue weighted by molar-refractivity contribution is -0.137. The summed E-state index contributed by atoms with van der Waals surface area (Å²) in [5, 5.41) is 13.0. The van der Waals surface area contributed by atoms with Crippen molar-refractivity contribution in [2.24, 2.45) is 0 Å². The first kappa shape index (κ1) is 24.7. The van der Waals surface area contributed by atoms with E-state index in [1.54, 1.807) is 0 Å². The average Bonchev–Trinajstić information content (AvgIpc) is 3.35. The van der Waals surface area contributed by atoms with Crippen molar-refractivity contribution in [3.05, 3.63) is 52.0 Å². The fourth-order valence-corrected chi connectivity index (χ4v) is 5.96. The van der Waals surface area contributed by atoms with Gasteiger partial charge in [0, 0.05) is 29.9 Å². The van der Waals surface area contributed by atoms with Gasteiger partial charge in [0.1, 0.15) is 5.75 Å². The van der Waals surface area contributed by atoms with Crippen LogP contribution in [0, 0.1) is 0 Å². The highest BCUT2D eigenvalue weighted by atomic mass is 35.5. The number of hydrogen-bond donors (Lipinski definition) is 2. The maximum absolute atomic E-state index is 12.9. The van der Waals surface area contributed by atoms with Crippen LogP contribution in [0.4, 0.5) is 18.3 Å². The molecule has 13 heteroatoms. The first-order chi connectivity index (χ1) is 15.8. The largest absolute Gasteiger partial charge is 0.507 e. The fourth-order valence-electron chi connectivity index (χ4n) is 3.80. The number of carbonyl (C=O) groups excluding carboxylic acids is 1. The minimum absolute atomic E-state index is 0.0655. The Bertz CT molecular complexity index is 1380. The van der Waals surface area contributed by atoms with E-state index in [1.165, 1.54) is 24.5 Å². The number of nitrogens with zero attached hydrogens (tertiary/aromatic N) is 2. The number of aromatic hydroxyl groups is 1. The van der Waals surface area contributed by atoms with Crippen molar-refractivity contribution < 1.29 is 31.5 Å². The van der Waals surface area contributed by atoms with Gasteiger partial charge in [-0.25, -0.2) is 13.4 Å². The van der Waals surface area contributed by atoms with E-state index in [2.05, 4.69) is 10.3 Å². The van der Waals surface area contributed by atoms with E-state index >= 15 is 0 Å². The summed E-state index contributed by atoms with van der Waals surface area (Å²) >= 11 is 7.03. The molecule has 1 atom stereocenters. The number of benzene rings is 2. The van der Waals surface area contributed by atoms with Crippen LogP contribution in [0.1, 0.15) is 27.9 Å². The van der Waals surface area contributed by atoms with Gasteiger partial charge in [-0.2, -0.15) is 13.2 Å². The minimum atomic E-state index is -4.50. The summed E-state index contributed by atoms with van der Waals surface area (Å²) in [7, 11) is -3.19. The number of likely N-dealkylation sites (tertiary alicyclic amines) is 1. The summed E-state index contributed by atoms with van der Waals surface area (Å²) in [6.45, 7) is 1.01. The van der Waals surface area contributed by atoms with Crippen LogP contribution in [0.15, 0.2) is 30.3 Å². The third-order valence-electron chi connectivity index (χ3n) is 5.56. The number of fused-ring (bicyclic) bond motifs is 1. The number of aromatic nitrogens is 1. The zero-order chi connectivity index (χ0) is 24.8. The second-order valence-corrected chi connectivity index (χ2v) is 11.9. The van der Waals surface area contributed by atoms with E-state index in [-0.39, 0.29) is 32.7 Å². The minimum Gasteiger partial charge on any atom is -0.507 e. The summed E-state index contributed by atoms with van der Waals surface area (Å²) in [6.07, 6.45) is -2.84. The van der Waals surface area contributed by atoms with E-state index in [1.807, 2.05) is 4.90 Å². The molecule has 1 fully saturated rings. The molecule has 1 aromatic heterocycles. The average molecular weight is 534 g/mol. The number of alkyl halides is 3. The number of sulfone groups is 1. The van der Waals surface area contributed by atoms with Crippen LogP contribution in [0.25, 0.3) is 10.2 Å². The summed E-state index contributed by atoms with van der Waals surface area (Å²) < 4.78 is 62.6. The van der Waals surface area contributed by atoms with E-state index in [4.69, 9.17) is 11.6 Å². The zero-order valence-corrected chi connectivity index (χ0v) is 20.1. The molecule has 182 valence electrons. The number of thiazole rings is 1. The Hall–Kier alpha value is -2.41. The Balaban J connectivity index is 1.54. The number of rotatable bonds is 5. The lowest BCUT2D eigenvalue weighted by Crippen LogP contribution is -2.26. The maximum Gasteiger partial charge on any atom is 0.416 e. The van der Waals surface area contributed by atoms with Gasteiger partial charge in [0.05, 0.1) is 26.6 Å². The highest BCUT2D eigenvalue weighted by Crippen LogP contribution is 2.35. The molecule has 1 amide bonds. The number of phenols is 1. The summed E-state index contributed by atoms with van der Waals surface area (Å²) in [6, 6.07) is 5.86. The molecule has 2 heterocycles. The van der Waals surface area contributed by atoms with Gasteiger partial charge < -0.3 is 5.11 Å². The lowest BCUT2D eigenvalue weighted by atomic mass is 10.1. The molecule has 0 radical (unpaired) electrons. The van der Waals surface area contributed by atoms with Crippen LogP contribution < -0.4 is 5.32 Å². The van der Waals surface area contributed by atoms with Crippen molar-refractivity contribution in [1.29, 1.82) is 0 Å². The molecule has 0 spiro atoms. The van der Waals surface area contributed by atoms with Gasteiger partial charge in [0.25, 0.3) is 5.91 Å². The predicted octanol–water partition coefficient (Wildman–Crippen LogP) is 4.55. The van der Waals surface area contributed by atoms with Gasteiger partial charge in [-0.15, -0.1) is 0 Å². The Morgan fingerprint density at radius 2 is 2.06 bits per heavy atom. The highest BCUT2D eigenvalue weighted by molar-refractivity contribution is 7.91. The number of carbonyl (C=O) groups is 1. The van der Waals surface area contributed by atoms with Gasteiger partial charge in [-0.05, 0) is 43.3 Å². The third-order valence-corrected chi connectivity index (χ3v) is 8.31. The summed E-state index contributed by atoms with van der Waals surface area (Å²) in [5.74, 6) is -1.04. The first-order valence-corrected chi connectivity index (χ1v) is 13.2. The second kappa shape index (κ2) is 8.99. The molecule has 4 rings (SSSR count). The van der Waals surface area contributed by atoms with Gasteiger partial charge in [-0.3, -0.25) is 15.0 Å². The molecule has 7 nitrogen and oxygen atoms in total. The van der Waals surface area contributed by atoms with Gasteiger partial charge in [0.15, 0.2) is 15.0 Å². The Kier molecular flexibility index (Phi) is 6.53. The summed E-state index contributed by atoms with van der Waals surface area (Å²) in [4.78, 5) is 18.8. The molecule has 3 aromatic rings. The molecule has 1 saturated heterocycles. The predicted molar refractivity (Wildman–Crippen MR) is 124 cm³/mol. The van der Waals surface area contributed by atoms with Crippen molar-refractivity contribution in [1.82, 2.24) is 9.88 Å². The number of phenolic OH excluding ortho intramolecular Hbond substituents is 1. The molecule has 34 heavy (non-hydrogen) atoms. The third kappa shape index (κ3) is 5.29. The van der Waals surface area contributed by atoms with Crippen LogP contribution in [-0.4, -0.2) is 53.9 Å². The molecule has 2 aromatic carbocycles. The molecular formula is C21H19ClF3N3O4S2. The van der Waals surface area contributed by atoms with E-state index < -0.39 is 32.7 Å². The number of nitrogens with one attached hydrogen (secondary N) is 1. The normalized spacial score (nSPS) is 17.4. The van der Waals surface area contributed by atoms with Gasteiger partial charge in [-0.1, -0.05) is 22.9 Å². The SMILES string of the molecule is CS(=O)(=O)C1CCN(Cc2cc(Cl)cc(C(=O)Nc3nc4ccc(C(F)(F)F)cc4s3)c2O)C1. The summed E-state index contributed by atoms with van der Waals surface area (Å²) in [5.41, 5.74) is -0.306. The molecule has 0 saturated carbocycles. The number of halogens is 4. The van der Waals surface area contributed by atoms with Gasteiger partial charge in [0.2, 0.25) is 0 Å². The Morgan fingerprint density at radius 3 is 2.71 bits per heavy atom. The van der Waals surface area contributed by atoms with E-state index in [0.717, 1.165) is 23.5 Å². The highest BCUT2D eigenvalue weighted by Gasteiger charge is 2.32. The van der Waals surface area contributed by atoms with Crippen LogP contribution >= 0.6 is 22.9 Å². The zero-order valence-electron chi connectivity index (χ0n) is 17.7. The number of anilines is 1. The van der Waals surface area contributed by atoms with Crippen molar-refractivity contribution in [3.63, 3.8) is 0 Å². The number of hydrogen-bond acceptors (Lipinski definition) is 7. The van der Waals surface area contributed by atoms with Crippen molar-refractivity contribution in [3.8, 4) is 5.75 Å². The molecule has 1 aliphatic rings. The molecular weight excluding hydrogens is 515 g/mol. The number of amides is 1. The molecule has 0 bridgehead atoms. The Morgan fingerprint density at radius 1 is 1.32 bits per heavy atom. The quantitative estimate of drug-likeness (QED) is 0.499. The maximum atomic E-state index is 12.9. The fraction of sp³-hybridized carbons (Fsp3) is 0.333. The van der Waals surface area contributed by atoms with Crippen molar-refractivity contribution in [2.45, 2.75) is 24.4 Å². The topological polar surface area (TPSA) is 99.6 Å². The Labute approximate surface area is 202 Å². The van der Waals surface area contributed by atoms with E-state index in [0.29, 0.717) is 30.6 Å². The van der Waals surface area contributed by atoms with Crippen LogP contribution in [0.3, 0.4) is 0 Å². The standard InChI is InChI=1S/C21H19ClF3N3O4S2/c1-34(31,32)14-4-5-28(10-14)9-11-6-13(22)8-15(18(11)29)19(30)27-20-26-16-3-2-12(21(23,24)25)7-17(16)33-20/h2-3,6-8,14,29H,4-5,9-10H2,1H3,(H,26,27,30). The van der Waals surface area contributed by atoms with Crippen LogP contribution in [0.5, 0.6) is 5.75 Å². The van der Waals surface area contributed by atoms with E-state index in [9.17, 15) is 31.5 Å². The van der Waals surface area contributed by atoms with Crippen LogP contribution in [-0.2, 0) is 22.6 Å². The van der Waals surface area contributed by atoms with Crippen LogP contribution in [0.2, 0.25) is 5.02 Å². The smallest absolute Gasteiger partial charge is 0.416 e. The molecule has 2 N–H and O–H groups in total.